The van der Waals surface area contributed by atoms with E-state index < -0.39 is 0 Å². The number of methoxy groups -OCH3 is 1. The molecule has 80 valence electrons. The molecule has 14 heavy (non-hydrogen) atoms. The lowest BCUT2D eigenvalue weighted by atomic mass is 10.1. The van der Waals surface area contributed by atoms with Crippen molar-refractivity contribution in [1.82, 2.24) is 9.80 Å². The number of nitrogens with zero attached hydrogens (tertiary/aromatic N) is 3. The van der Waals surface area contributed by atoms with E-state index in [1.807, 2.05) is 0 Å². The molecule has 1 unspecified atom stereocenters. The predicted molar refractivity (Wildman–Crippen MR) is 55.0 cm³/mol. The molecule has 0 aromatic heterocycles. The zero-order chi connectivity index (χ0) is 10.4. The molecule has 0 aromatic carbocycles. The largest absolute Gasteiger partial charge is 0.383 e. The number of hydrogen-bond donors (Lipinski definition) is 0. The molecule has 0 N–H and O–H groups in total. The molecule has 0 aliphatic carbocycles. The van der Waals surface area contributed by atoms with E-state index in [4.69, 9.17) is 10.00 Å². The summed E-state index contributed by atoms with van der Waals surface area (Å²) in [5, 5.41) is 8.72. The van der Waals surface area contributed by atoms with Gasteiger partial charge in [-0.2, -0.15) is 5.26 Å². The fourth-order valence-electron chi connectivity index (χ4n) is 1.85. The molecule has 1 rings (SSSR count). The van der Waals surface area contributed by atoms with Crippen LogP contribution in [0.4, 0.5) is 0 Å². The number of nitriles is 1. The first-order valence-corrected chi connectivity index (χ1v) is 5.06. The summed E-state index contributed by atoms with van der Waals surface area (Å²) in [6.45, 7) is 4.83. The van der Waals surface area contributed by atoms with Gasteiger partial charge in [0.05, 0.1) is 19.1 Å². The van der Waals surface area contributed by atoms with Crippen LogP contribution in [-0.4, -0.2) is 62.8 Å². The van der Waals surface area contributed by atoms with Gasteiger partial charge in [-0.05, 0) is 7.05 Å². The zero-order valence-corrected chi connectivity index (χ0v) is 9.07. The molecule has 0 aromatic rings. The summed E-state index contributed by atoms with van der Waals surface area (Å²) < 4.78 is 5.06. The molecule has 0 radical (unpaired) electrons. The van der Waals surface area contributed by atoms with E-state index in [2.05, 4.69) is 22.9 Å². The fraction of sp³-hybridized carbons (Fsp3) is 0.900. The second kappa shape index (κ2) is 5.97. The smallest absolute Gasteiger partial charge is 0.0638 e. The highest BCUT2D eigenvalue weighted by atomic mass is 16.5. The van der Waals surface area contributed by atoms with E-state index in [1.54, 1.807) is 7.11 Å². The summed E-state index contributed by atoms with van der Waals surface area (Å²) in [6.07, 6.45) is 0.619. The van der Waals surface area contributed by atoms with Gasteiger partial charge in [-0.15, -0.1) is 0 Å². The summed E-state index contributed by atoms with van der Waals surface area (Å²) in [7, 11) is 3.83. The molecule has 0 bridgehead atoms. The Morgan fingerprint density at radius 1 is 1.50 bits per heavy atom. The first-order chi connectivity index (χ1) is 6.77. The summed E-state index contributed by atoms with van der Waals surface area (Å²) in [5.74, 6) is 0. The lowest BCUT2D eigenvalue weighted by Gasteiger charge is -2.38. The summed E-state index contributed by atoms with van der Waals surface area (Å²) in [6, 6.07) is 2.64. The number of ether oxygens (including phenoxy) is 1. The van der Waals surface area contributed by atoms with Crippen molar-refractivity contribution in [2.24, 2.45) is 0 Å². The highest BCUT2D eigenvalue weighted by Crippen LogP contribution is 2.10. The van der Waals surface area contributed by atoms with Crippen LogP contribution in [0.3, 0.4) is 0 Å². The highest BCUT2D eigenvalue weighted by Gasteiger charge is 2.24. The van der Waals surface area contributed by atoms with Gasteiger partial charge in [-0.1, -0.05) is 0 Å². The monoisotopic (exact) mass is 197 g/mol. The second-order valence-electron chi connectivity index (χ2n) is 3.81. The molecule has 1 aliphatic rings. The molecule has 1 fully saturated rings. The van der Waals surface area contributed by atoms with Gasteiger partial charge in [0.25, 0.3) is 0 Å². The van der Waals surface area contributed by atoms with Crippen LogP contribution in [0.5, 0.6) is 0 Å². The van der Waals surface area contributed by atoms with Crippen LogP contribution in [0.1, 0.15) is 6.42 Å². The summed E-state index contributed by atoms with van der Waals surface area (Å²) in [4.78, 5) is 4.64. The van der Waals surface area contributed by atoms with Crippen molar-refractivity contribution in [3.63, 3.8) is 0 Å². The maximum Gasteiger partial charge on any atom is 0.0638 e. The molecular formula is C10H19N3O. The molecule has 4 nitrogen and oxygen atoms in total. The molecule has 4 heteroatoms. The molecule has 1 heterocycles. The van der Waals surface area contributed by atoms with E-state index in [-0.39, 0.29) is 0 Å². The third-order valence-corrected chi connectivity index (χ3v) is 2.72. The SMILES string of the molecule is COCCN1CCN(C)CC1CC#N. The van der Waals surface area contributed by atoms with Gasteiger partial charge in [0, 0.05) is 39.3 Å². The maximum absolute atomic E-state index is 8.72. The van der Waals surface area contributed by atoms with Crippen LogP contribution in [-0.2, 0) is 4.74 Å². The van der Waals surface area contributed by atoms with Crippen LogP contribution >= 0.6 is 0 Å². The molecule has 0 saturated carbocycles. The number of likely N-dealkylation sites (N-methyl/N-ethyl adjacent to an activating group) is 1. The lowest BCUT2D eigenvalue weighted by molar-refractivity contribution is 0.0641. The fourth-order valence-corrected chi connectivity index (χ4v) is 1.85. The Labute approximate surface area is 86.0 Å². The lowest BCUT2D eigenvalue weighted by Crippen LogP contribution is -2.52. The molecule has 0 spiro atoms. The third-order valence-electron chi connectivity index (χ3n) is 2.72. The van der Waals surface area contributed by atoms with Crippen LogP contribution in [0.25, 0.3) is 0 Å². The van der Waals surface area contributed by atoms with Gasteiger partial charge in [0.2, 0.25) is 0 Å². The van der Waals surface area contributed by atoms with Crippen LogP contribution in [0.2, 0.25) is 0 Å². The van der Waals surface area contributed by atoms with Crippen LogP contribution < -0.4 is 0 Å². The Hall–Kier alpha value is -0.630. The van der Waals surface area contributed by atoms with Gasteiger partial charge in [0.15, 0.2) is 0 Å². The van der Waals surface area contributed by atoms with Crippen molar-refractivity contribution < 1.29 is 4.74 Å². The molecule has 1 aliphatic heterocycles. The Kier molecular flexibility index (Phi) is 4.88. The average molecular weight is 197 g/mol. The normalized spacial score (nSPS) is 24.8. The van der Waals surface area contributed by atoms with E-state index >= 15 is 0 Å². The van der Waals surface area contributed by atoms with Crippen molar-refractivity contribution in [3.05, 3.63) is 0 Å². The minimum atomic E-state index is 0.383. The van der Waals surface area contributed by atoms with Crippen molar-refractivity contribution >= 4 is 0 Å². The zero-order valence-electron chi connectivity index (χ0n) is 9.07. The van der Waals surface area contributed by atoms with Gasteiger partial charge in [-0.25, -0.2) is 0 Å². The van der Waals surface area contributed by atoms with Crippen LogP contribution in [0.15, 0.2) is 0 Å². The van der Waals surface area contributed by atoms with Gasteiger partial charge < -0.3 is 9.64 Å². The highest BCUT2D eigenvalue weighted by molar-refractivity contribution is 4.87. The topological polar surface area (TPSA) is 39.5 Å². The molecule has 1 atom stereocenters. The Balaban J connectivity index is 2.41. The summed E-state index contributed by atoms with van der Waals surface area (Å²) >= 11 is 0. The van der Waals surface area contributed by atoms with Crippen molar-refractivity contribution in [2.45, 2.75) is 12.5 Å². The number of rotatable bonds is 4. The predicted octanol–water partition coefficient (Wildman–Crippen LogP) is 0.162. The Bertz CT molecular complexity index is 200. The van der Waals surface area contributed by atoms with E-state index in [1.165, 1.54) is 0 Å². The number of hydrogen-bond acceptors (Lipinski definition) is 4. The van der Waals surface area contributed by atoms with Crippen molar-refractivity contribution in [3.8, 4) is 6.07 Å². The van der Waals surface area contributed by atoms with E-state index in [0.717, 1.165) is 32.8 Å². The maximum atomic E-state index is 8.72. The first kappa shape index (κ1) is 11.4. The van der Waals surface area contributed by atoms with Gasteiger partial charge >= 0.3 is 0 Å². The van der Waals surface area contributed by atoms with Crippen molar-refractivity contribution in [2.75, 3.05) is 46.9 Å². The first-order valence-electron chi connectivity index (χ1n) is 5.06. The minimum absolute atomic E-state index is 0.383. The van der Waals surface area contributed by atoms with Gasteiger partial charge in [0.1, 0.15) is 0 Å². The van der Waals surface area contributed by atoms with Gasteiger partial charge in [-0.3, -0.25) is 4.90 Å². The van der Waals surface area contributed by atoms with E-state index in [0.29, 0.717) is 12.5 Å². The van der Waals surface area contributed by atoms with E-state index in [9.17, 15) is 0 Å². The second-order valence-corrected chi connectivity index (χ2v) is 3.81. The third kappa shape index (κ3) is 3.26. The quantitative estimate of drug-likeness (QED) is 0.644. The summed E-state index contributed by atoms with van der Waals surface area (Å²) in [5.41, 5.74) is 0. The standard InChI is InChI=1S/C10H19N3O/c1-12-5-6-13(7-8-14-2)10(9-12)3-4-11/h10H,3,5-9H2,1-2H3. The number of piperazine rings is 1. The van der Waals surface area contributed by atoms with Crippen LogP contribution in [0, 0.1) is 11.3 Å². The minimum Gasteiger partial charge on any atom is -0.383 e. The van der Waals surface area contributed by atoms with Crippen molar-refractivity contribution in [1.29, 1.82) is 5.26 Å². The molecule has 1 saturated heterocycles. The Morgan fingerprint density at radius 3 is 2.93 bits per heavy atom. The Morgan fingerprint density at radius 2 is 2.29 bits per heavy atom. The molecular weight excluding hydrogens is 178 g/mol. The average Bonchev–Trinajstić information content (AvgIpc) is 2.17. The molecule has 0 amide bonds.